The van der Waals surface area contributed by atoms with Gasteiger partial charge >= 0.3 is 0 Å². The van der Waals surface area contributed by atoms with Crippen LogP contribution in [-0.4, -0.2) is 28.7 Å². The highest BCUT2D eigenvalue weighted by Gasteiger charge is 2.30. The molecule has 0 aliphatic carbocycles. The molecular weight excluding hydrogens is 417 g/mol. The number of halogens is 6. The van der Waals surface area contributed by atoms with Gasteiger partial charge in [0.15, 0.2) is 5.96 Å². The number of amides is 1. The predicted molar refractivity (Wildman–Crippen MR) is 96.6 cm³/mol. The molecule has 1 aliphatic heterocycles. The molecule has 11 heteroatoms. The summed E-state index contributed by atoms with van der Waals surface area (Å²) in [5.41, 5.74) is 0.784. The average molecular weight is 427 g/mol. The van der Waals surface area contributed by atoms with Gasteiger partial charge in [-0.2, -0.15) is 0 Å². The molecule has 1 aromatic rings. The first kappa shape index (κ1) is 19.7. The molecule has 5 nitrogen and oxygen atoms in total. The van der Waals surface area contributed by atoms with Crippen LogP contribution in [0.15, 0.2) is 17.1 Å². The third kappa shape index (κ3) is 5.11. The summed E-state index contributed by atoms with van der Waals surface area (Å²) in [5, 5.41) is 8.99. The van der Waals surface area contributed by atoms with Gasteiger partial charge in [-0.1, -0.05) is 58.0 Å². The number of nitrogens with zero attached hydrogens (tertiary/aromatic N) is 1. The molecular formula is C11H10Cl6N4O. The number of benzene rings is 1. The van der Waals surface area contributed by atoms with Crippen LogP contribution in [0.5, 0.6) is 0 Å². The van der Waals surface area contributed by atoms with Crippen molar-refractivity contribution in [3.05, 3.63) is 22.2 Å². The minimum absolute atomic E-state index is 0. The van der Waals surface area contributed by atoms with Gasteiger partial charge in [0.2, 0.25) is 0 Å². The molecule has 0 aromatic heterocycles. The Bertz CT molecular complexity index is 578. The van der Waals surface area contributed by atoms with E-state index in [4.69, 9.17) is 58.0 Å². The van der Waals surface area contributed by atoms with Crippen molar-refractivity contribution in [3.8, 4) is 0 Å². The molecule has 2 rings (SSSR count). The molecule has 0 fully saturated rings. The van der Waals surface area contributed by atoms with Gasteiger partial charge in [0.25, 0.3) is 9.70 Å². The van der Waals surface area contributed by atoms with E-state index in [-0.39, 0.29) is 12.4 Å². The lowest BCUT2D eigenvalue weighted by molar-refractivity contribution is -0.115. The highest BCUT2D eigenvalue weighted by molar-refractivity contribution is 6.76. The fraction of sp³-hybridized carbons (Fsp3) is 0.273. The fourth-order valence-corrected chi connectivity index (χ4v) is 2.29. The van der Waals surface area contributed by atoms with Crippen molar-refractivity contribution in [1.82, 2.24) is 5.32 Å². The van der Waals surface area contributed by atoms with Gasteiger partial charge in [-0.05, 0) is 12.1 Å². The van der Waals surface area contributed by atoms with Gasteiger partial charge in [0.05, 0.1) is 22.3 Å². The van der Waals surface area contributed by atoms with E-state index in [1.54, 1.807) is 0 Å². The number of nitrogens with one attached hydrogen (secondary N) is 3. The van der Waals surface area contributed by atoms with E-state index in [9.17, 15) is 4.79 Å². The summed E-state index contributed by atoms with van der Waals surface area (Å²) in [7, 11) is 0. The number of rotatable bonds is 2. The SMILES string of the molecule is Cl.O=C(Nc1cc(Cl)c(NC2=NCCN2)c(Cl)c1)C(Cl)(Cl)Cl. The Morgan fingerprint density at radius 3 is 2.27 bits per heavy atom. The van der Waals surface area contributed by atoms with E-state index >= 15 is 0 Å². The van der Waals surface area contributed by atoms with Gasteiger partial charge in [-0.15, -0.1) is 12.4 Å². The highest BCUT2D eigenvalue weighted by atomic mass is 35.6. The van der Waals surface area contributed by atoms with E-state index in [0.717, 1.165) is 6.54 Å². The molecule has 0 unspecified atom stereocenters. The van der Waals surface area contributed by atoms with Gasteiger partial charge in [0, 0.05) is 12.2 Å². The van der Waals surface area contributed by atoms with Crippen molar-refractivity contribution in [1.29, 1.82) is 0 Å². The second kappa shape index (κ2) is 7.99. The van der Waals surface area contributed by atoms with E-state index in [1.165, 1.54) is 12.1 Å². The number of carbonyl (C=O) groups excluding carboxylic acids is 1. The minimum atomic E-state index is -2.07. The van der Waals surface area contributed by atoms with Crippen molar-refractivity contribution in [2.75, 3.05) is 23.7 Å². The zero-order chi connectivity index (χ0) is 15.6. The van der Waals surface area contributed by atoms with Crippen LogP contribution in [0.1, 0.15) is 0 Å². The van der Waals surface area contributed by atoms with Crippen molar-refractivity contribution >= 4 is 93.7 Å². The van der Waals surface area contributed by atoms with Crippen LogP contribution in [0.2, 0.25) is 10.0 Å². The van der Waals surface area contributed by atoms with Gasteiger partial charge in [0.1, 0.15) is 0 Å². The van der Waals surface area contributed by atoms with Crippen LogP contribution in [0.3, 0.4) is 0 Å². The molecule has 122 valence electrons. The summed E-state index contributed by atoms with van der Waals surface area (Å²) >= 11 is 28.7. The van der Waals surface area contributed by atoms with Crippen molar-refractivity contribution in [2.24, 2.45) is 4.99 Å². The zero-order valence-electron chi connectivity index (χ0n) is 10.7. The third-order valence-electron chi connectivity index (χ3n) is 2.48. The van der Waals surface area contributed by atoms with Crippen molar-refractivity contribution in [3.63, 3.8) is 0 Å². The van der Waals surface area contributed by atoms with Crippen LogP contribution < -0.4 is 16.0 Å². The van der Waals surface area contributed by atoms with Crippen LogP contribution in [0.4, 0.5) is 11.4 Å². The Morgan fingerprint density at radius 2 is 1.82 bits per heavy atom. The number of hydrogen-bond acceptors (Lipinski definition) is 4. The summed E-state index contributed by atoms with van der Waals surface area (Å²) in [6.45, 7) is 1.42. The second-order valence-electron chi connectivity index (χ2n) is 4.05. The number of aliphatic imine (C=N–C) groups is 1. The topological polar surface area (TPSA) is 65.5 Å². The number of anilines is 2. The highest BCUT2D eigenvalue weighted by Crippen LogP contribution is 2.35. The molecule has 1 amide bonds. The molecule has 0 bridgehead atoms. The average Bonchev–Trinajstić information content (AvgIpc) is 2.85. The molecule has 0 saturated heterocycles. The normalized spacial score (nSPS) is 13.8. The Hall–Kier alpha value is -0.300. The first-order chi connectivity index (χ1) is 9.77. The summed E-state index contributed by atoms with van der Waals surface area (Å²) < 4.78 is -2.07. The Kier molecular flexibility index (Phi) is 7.18. The summed E-state index contributed by atoms with van der Waals surface area (Å²) in [6.07, 6.45) is 0. The van der Waals surface area contributed by atoms with Crippen LogP contribution in [0, 0.1) is 0 Å². The Balaban J connectivity index is 0.00000242. The lowest BCUT2D eigenvalue weighted by atomic mass is 10.2. The summed E-state index contributed by atoms with van der Waals surface area (Å²) in [5.74, 6) is -0.223. The molecule has 1 heterocycles. The van der Waals surface area contributed by atoms with Crippen LogP contribution in [-0.2, 0) is 4.79 Å². The van der Waals surface area contributed by atoms with Crippen LogP contribution in [0.25, 0.3) is 0 Å². The maximum absolute atomic E-state index is 11.6. The van der Waals surface area contributed by atoms with E-state index in [0.29, 0.717) is 33.9 Å². The number of alkyl halides is 3. The van der Waals surface area contributed by atoms with Crippen LogP contribution >= 0.6 is 70.4 Å². The number of guanidine groups is 1. The Morgan fingerprint density at radius 1 is 1.23 bits per heavy atom. The quantitative estimate of drug-likeness (QED) is 0.624. The zero-order valence-corrected chi connectivity index (χ0v) is 15.3. The maximum Gasteiger partial charge on any atom is 0.276 e. The van der Waals surface area contributed by atoms with Gasteiger partial charge in [-0.3, -0.25) is 9.79 Å². The monoisotopic (exact) mass is 424 g/mol. The number of hydrogen-bond donors (Lipinski definition) is 3. The van der Waals surface area contributed by atoms with Crippen molar-refractivity contribution in [2.45, 2.75) is 3.79 Å². The van der Waals surface area contributed by atoms with E-state index in [2.05, 4.69) is 20.9 Å². The summed E-state index contributed by atoms with van der Waals surface area (Å²) in [6, 6.07) is 2.97. The predicted octanol–water partition coefficient (Wildman–Crippen LogP) is 4.09. The smallest absolute Gasteiger partial charge is 0.276 e. The molecule has 0 spiro atoms. The van der Waals surface area contributed by atoms with Gasteiger partial charge in [-0.25, -0.2) is 0 Å². The van der Waals surface area contributed by atoms with Gasteiger partial charge < -0.3 is 16.0 Å². The molecule has 1 aliphatic rings. The second-order valence-corrected chi connectivity index (χ2v) is 7.14. The fourth-order valence-electron chi connectivity index (χ4n) is 1.57. The lowest BCUT2D eigenvalue weighted by Gasteiger charge is -2.15. The maximum atomic E-state index is 11.6. The van der Waals surface area contributed by atoms with E-state index < -0.39 is 9.70 Å². The standard InChI is InChI=1S/C11H9Cl5N4O.ClH/c12-6-3-5(19-9(21)11(14,15)16)4-7(13)8(6)20-10-17-1-2-18-10;/h3-4H,1-2H2,(H,19,21)(H2,17,18,20);1H. The minimum Gasteiger partial charge on any atom is -0.354 e. The largest absolute Gasteiger partial charge is 0.354 e. The molecule has 22 heavy (non-hydrogen) atoms. The Labute approximate surface area is 158 Å². The molecule has 0 radical (unpaired) electrons. The van der Waals surface area contributed by atoms with Crippen molar-refractivity contribution < 1.29 is 4.79 Å². The molecule has 1 aromatic carbocycles. The molecule has 0 atom stereocenters. The summed E-state index contributed by atoms with van der Waals surface area (Å²) in [4.78, 5) is 15.8. The third-order valence-corrected chi connectivity index (χ3v) is 3.59. The number of carbonyl (C=O) groups is 1. The van der Waals surface area contributed by atoms with E-state index in [1.807, 2.05) is 0 Å². The lowest BCUT2D eigenvalue weighted by Crippen LogP contribution is -2.27. The first-order valence-electron chi connectivity index (χ1n) is 5.70. The molecule has 0 saturated carbocycles. The first-order valence-corrected chi connectivity index (χ1v) is 7.59. The molecule has 3 N–H and O–H groups in total.